The molecule has 3 rings (SSSR count). The second-order valence-corrected chi connectivity index (χ2v) is 5.49. The first-order chi connectivity index (χ1) is 12.1. The number of ether oxygens (including phenoxy) is 1. The molecule has 0 spiro atoms. The molecule has 0 aliphatic heterocycles. The SMILES string of the molecule is CCNC(=O)[C@@H](C)OC(=O)c1cc(-c2ccco2)nc2ccccc12. The highest BCUT2D eigenvalue weighted by Gasteiger charge is 2.21. The third-order valence-electron chi connectivity index (χ3n) is 3.71. The van der Waals surface area contributed by atoms with Gasteiger partial charge in [0.15, 0.2) is 11.9 Å². The summed E-state index contributed by atoms with van der Waals surface area (Å²) in [6.07, 6.45) is 0.660. The maximum Gasteiger partial charge on any atom is 0.339 e. The van der Waals surface area contributed by atoms with E-state index in [-0.39, 0.29) is 5.91 Å². The first-order valence-corrected chi connectivity index (χ1v) is 8.02. The number of hydrogen-bond donors (Lipinski definition) is 1. The lowest BCUT2D eigenvalue weighted by atomic mass is 10.1. The van der Waals surface area contributed by atoms with Crippen LogP contribution in [-0.4, -0.2) is 29.5 Å². The fourth-order valence-electron chi connectivity index (χ4n) is 2.49. The first-order valence-electron chi connectivity index (χ1n) is 8.02. The quantitative estimate of drug-likeness (QED) is 0.723. The van der Waals surface area contributed by atoms with E-state index in [9.17, 15) is 9.59 Å². The highest BCUT2D eigenvalue weighted by molar-refractivity contribution is 6.05. The number of benzene rings is 1. The van der Waals surface area contributed by atoms with Gasteiger partial charge in [-0.2, -0.15) is 0 Å². The molecule has 1 amide bonds. The molecule has 2 heterocycles. The summed E-state index contributed by atoms with van der Waals surface area (Å²) in [4.78, 5) is 29.0. The average Bonchev–Trinajstić information content (AvgIpc) is 3.15. The van der Waals surface area contributed by atoms with Crippen molar-refractivity contribution in [3.05, 3.63) is 54.3 Å². The molecule has 0 aliphatic rings. The molecule has 0 saturated carbocycles. The van der Waals surface area contributed by atoms with Gasteiger partial charge in [0.05, 0.1) is 17.3 Å². The monoisotopic (exact) mass is 338 g/mol. The van der Waals surface area contributed by atoms with Crippen molar-refractivity contribution in [1.29, 1.82) is 0 Å². The molecule has 128 valence electrons. The molecule has 6 nitrogen and oxygen atoms in total. The van der Waals surface area contributed by atoms with Crippen LogP contribution in [0.2, 0.25) is 0 Å². The van der Waals surface area contributed by atoms with Crippen LogP contribution in [0.25, 0.3) is 22.4 Å². The molecule has 6 heteroatoms. The minimum Gasteiger partial charge on any atom is -0.463 e. The number of carbonyl (C=O) groups excluding carboxylic acids is 2. The van der Waals surface area contributed by atoms with Gasteiger partial charge in [-0.15, -0.1) is 0 Å². The molecular formula is C19H18N2O4. The van der Waals surface area contributed by atoms with E-state index in [4.69, 9.17) is 9.15 Å². The number of para-hydroxylation sites is 1. The third kappa shape index (κ3) is 3.52. The molecule has 1 atom stereocenters. The number of rotatable bonds is 5. The number of furan rings is 1. The Kier molecular flexibility index (Phi) is 4.79. The van der Waals surface area contributed by atoms with Crippen molar-refractivity contribution in [2.24, 2.45) is 0 Å². The predicted octanol–water partition coefficient (Wildman–Crippen LogP) is 3.18. The minimum absolute atomic E-state index is 0.333. The number of esters is 1. The molecule has 0 fully saturated rings. The van der Waals surface area contributed by atoms with Gasteiger partial charge in [-0.25, -0.2) is 9.78 Å². The van der Waals surface area contributed by atoms with Crippen molar-refractivity contribution in [3.8, 4) is 11.5 Å². The number of nitrogens with one attached hydrogen (secondary N) is 1. The van der Waals surface area contributed by atoms with Crippen molar-refractivity contribution in [3.63, 3.8) is 0 Å². The second-order valence-electron chi connectivity index (χ2n) is 5.49. The van der Waals surface area contributed by atoms with Crippen LogP contribution in [0.4, 0.5) is 0 Å². The number of amides is 1. The fourth-order valence-corrected chi connectivity index (χ4v) is 2.49. The molecular weight excluding hydrogens is 320 g/mol. The highest BCUT2D eigenvalue weighted by Crippen LogP contribution is 2.26. The molecule has 0 aliphatic carbocycles. The molecule has 0 bridgehead atoms. The van der Waals surface area contributed by atoms with Gasteiger partial charge in [-0.05, 0) is 38.1 Å². The lowest BCUT2D eigenvalue weighted by Crippen LogP contribution is -2.35. The summed E-state index contributed by atoms with van der Waals surface area (Å²) in [6, 6.07) is 12.4. The van der Waals surface area contributed by atoms with E-state index < -0.39 is 12.1 Å². The molecule has 2 aromatic heterocycles. The first kappa shape index (κ1) is 16.7. The largest absolute Gasteiger partial charge is 0.463 e. The number of hydrogen-bond acceptors (Lipinski definition) is 5. The fraction of sp³-hybridized carbons (Fsp3) is 0.211. The topological polar surface area (TPSA) is 81.4 Å². The van der Waals surface area contributed by atoms with Gasteiger partial charge < -0.3 is 14.5 Å². The van der Waals surface area contributed by atoms with Gasteiger partial charge >= 0.3 is 5.97 Å². The van der Waals surface area contributed by atoms with E-state index in [1.165, 1.54) is 0 Å². The standard InChI is InChI=1S/C19H18N2O4/c1-3-20-18(22)12(2)25-19(23)14-11-16(17-9-6-10-24-17)21-15-8-5-4-7-13(14)15/h4-12H,3H2,1-2H3,(H,20,22)/t12-/m1/s1. The summed E-state index contributed by atoms with van der Waals surface area (Å²) in [6.45, 7) is 3.82. The van der Waals surface area contributed by atoms with Gasteiger partial charge in [0.2, 0.25) is 0 Å². The van der Waals surface area contributed by atoms with Crippen molar-refractivity contribution in [2.45, 2.75) is 20.0 Å². The number of fused-ring (bicyclic) bond motifs is 1. The number of pyridine rings is 1. The van der Waals surface area contributed by atoms with Crippen LogP contribution in [0.15, 0.2) is 53.1 Å². The molecule has 0 saturated heterocycles. The lowest BCUT2D eigenvalue weighted by molar-refractivity contribution is -0.128. The Balaban J connectivity index is 1.99. The molecule has 1 aromatic carbocycles. The van der Waals surface area contributed by atoms with E-state index in [1.807, 2.05) is 18.2 Å². The summed E-state index contributed by atoms with van der Waals surface area (Å²) in [7, 11) is 0. The number of nitrogens with zero attached hydrogens (tertiary/aromatic N) is 1. The molecule has 1 N–H and O–H groups in total. The molecule has 25 heavy (non-hydrogen) atoms. The Labute approximate surface area is 144 Å². The van der Waals surface area contributed by atoms with Gasteiger partial charge in [-0.3, -0.25) is 4.79 Å². The summed E-state index contributed by atoms with van der Waals surface area (Å²) in [5.41, 5.74) is 1.52. The highest BCUT2D eigenvalue weighted by atomic mass is 16.5. The van der Waals surface area contributed by atoms with Gasteiger partial charge in [-0.1, -0.05) is 18.2 Å². The van der Waals surface area contributed by atoms with Crippen molar-refractivity contribution in [1.82, 2.24) is 10.3 Å². The Morgan fingerprint density at radius 2 is 2.04 bits per heavy atom. The van der Waals surface area contributed by atoms with Crippen LogP contribution in [0.1, 0.15) is 24.2 Å². The maximum absolute atomic E-state index is 12.6. The smallest absolute Gasteiger partial charge is 0.339 e. The summed E-state index contributed by atoms with van der Waals surface area (Å²) in [5, 5.41) is 3.29. The van der Waals surface area contributed by atoms with Crippen LogP contribution in [0, 0.1) is 0 Å². The van der Waals surface area contributed by atoms with Crippen LogP contribution < -0.4 is 5.32 Å². The van der Waals surface area contributed by atoms with Gasteiger partial charge in [0, 0.05) is 11.9 Å². The van der Waals surface area contributed by atoms with Crippen LogP contribution >= 0.6 is 0 Å². The van der Waals surface area contributed by atoms with Crippen molar-refractivity contribution in [2.75, 3.05) is 6.54 Å². The zero-order valence-corrected chi connectivity index (χ0v) is 14.0. The van der Waals surface area contributed by atoms with Crippen molar-refractivity contribution >= 4 is 22.8 Å². The van der Waals surface area contributed by atoms with E-state index in [2.05, 4.69) is 10.3 Å². The third-order valence-corrected chi connectivity index (χ3v) is 3.71. The van der Waals surface area contributed by atoms with Gasteiger partial charge in [0.25, 0.3) is 5.91 Å². The van der Waals surface area contributed by atoms with E-state index in [0.717, 1.165) is 0 Å². The van der Waals surface area contributed by atoms with Crippen molar-refractivity contribution < 1.29 is 18.7 Å². The second kappa shape index (κ2) is 7.17. The number of likely N-dealkylation sites (N-methyl/N-ethyl adjacent to an activating group) is 1. The average molecular weight is 338 g/mol. The summed E-state index contributed by atoms with van der Waals surface area (Å²) in [5.74, 6) is -0.359. The predicted molar refractivity (Wildman–Crippen MR) is 93.0 cm³/mol. The van der Waals surface area contributed by atoms with E-state index in [1.54, 1.807) is 44.4 Å². The summed E-state index contributed by atoms with van der Waals surface area (Å²) >= 11 is 0. The Morgan fingerprint density at radius 3 is 2.76 bits per heavy atom. The maximum atomic E-state index is 12.6. The zero-order chi connectivity index (χ0) is 17.8. The number of carbonyl (C=O) groups is 2. The van der Waals surface area contributed by atoms with E-state index in [0.29, 0.717) is 34.5 Å². The Hall–Kier alpha value is -3.15. The summed E-state index contributed by atoms with van der Waals surface area (Å²) < 4.78 is 10.7. The molecule has 0 radical (unpaired) electrons. The number of aromatic nitrogens is 1. The molecule has 3 aromatic rings. The Bertz CT molecular complexity index is 903. The zero-order valence-electron chi connectivity index (χ0n) is 14.0. The van der Waals surface area contributed by atoms with Crippen LogP contribution in [0.3, 0.4) is 0 Å². The Morgan fingerprint density at radius 1 is 1.24 bits per heavy atom. The lowest BCUT2D eigenvalue weighted by Gasteiger charge is -2.14. The minimum atomic E-state index is -0.883. The van der Waals surface area contributed by atoms with E-state index >= 15 is 0 Å². The normalized spacial score (nSPS) is 11.9. The van der Waals surface area contributed by atoms with Gasteiger partial charge in [0.1, 0.15) is 5.69 Å². The molecule has 0 unspecified atom stereocenters. The van der Waals surface area contributed by atoms with Crippen LogP contribution in [-0.2, 0) is 9.53 Å². The van der Waals surface area contributed by atoms with Crippen LogP contribution in [0.5, 0.6) is 0 Å².